The average Bonchev–Trinajstić information content (AvgIpc) is 3.36. The Morgan fingerprint density at radius 2 is 1.60 bits per heavy atom. The Bertz CT molecular complexity index is 1490. The van der Waals surface area contributed by atoms with E-state index >= 15 is 0 Å². The number of rotatable bonds is 7. The van der Waals surface area contributed by atoms with Crippen LogP contribution in [0.2, 0.25) is 0 Å². The molecule has 1 saturated carbocycles. The molecule has 0 atom stereocenters. The summed E-state index contributed by atoms with van der Waals surface area (Å²) in [6.07, 6.45) is 6.45. The number of amides is 1. The standard InChI is InChI=1S/C34H39FN2O5/c1-4-42-34(41)37-20-29(32(39)31(38)25-9-5-21(2)6-10-25)28-19-27(22(3)17-30(28)37)33(40)36-15-13-24(14-16-36)18-23-7-11-26(35)12-8-23/h7-8,11-12,17,19-21,24-25H,4-6,9-10,13-16,18H2,1-3H3. The molecule has 0 radical (unpaired) electrons. The smallest absolute Gasteiger partial charge is 0.418 e. The molecule has 8 heteroatoms. The molecule has 0 spiro atoms. The fourth-order valence-corrected chi connectivity index (χ4v) is 6.44. The van der Waals surface area contributed by atoms with Gasteiger partial charge < -0.3 is 9.64 Å². The van der Waals surface area contributed by atoms with Gasteiger partial charge in [0.2, 0.25) is 11.6 Å². The van der Waals surface area contributed by atoms with Crippen LogP contribution in [0.5, 0.6) is 0 Å². The number of ketones is 2. The number of fused-ring (bicyclic) bond motifs is 1. The third-order valence-electron chi connectivity index (χ3n) is 9.04. The number of halogens is 1. The topological polar surface area (TPSA) is 85.7 Å². The first-order valence-electron chi connectivity index (χ1n) is 15.1. The number of likely N-dealkylation sites (tertiary alicyclic amines) is 1. The lowest BCUT2D eigenvalue weighted by Crippen LogP contribution is -2.39. The summed E-state index contributed by atoms with van der Waals surface area (Å²) in [6, 6.07) is 9.97. The van der Waals surface area contributed by atoms with Gasteiger partial charge >= 0.3 is 6.09 Å². The second-order valence-corrected chi connectivity index (χ2v) is 12.0. The molecular formula is C34H39FN2O5. The highest BCUT2D eigenvalue weighted by molar-refractivity contribution is 6.46. The van der Waals surface area contributed by atoms with Crippen LogP contribution in [-0.2, 0) is 16.0 Å². The highest BCUT2D eigenvalue weighted by Gasteiger charge is 2.33. The molecule has 2 fully saturated rings. The third kappa shape index (κ3) is 6.18. The van der Waals surface area contributed by atoms with Gasteiger partial charge in [-0.05, 0) is 93.2 Å². The van der Waals surface area contributed by atoms with Crippen LogP contribution in [0.1, 0.15) is 84.2 Å². The maximum atomic E-state index is 13.7. The predicted molar refractivity (Wildman–Crippen MR) is 158 cm³/mol. The number of piperidine rings is 1. The summed E-state index contributed by atoms with van der Waals surface area (Å²) in [5.41, 5.74) is 2.79. The summed E-state index contributed by atoms with van der Waals surface area (Å²) < 4.78 is 19.8. The normalized spacial score (nSPS) is 19.6. The average molecular weight is 575 g/mol. The molecule has 42 heavy (non-hydrogen) atoms. The van der Waals surface area contributed by atoms with Crippen LogP contribution in [0.3, 0.4) is 0 Å². The van der Waals surface area contributed by atoms with Crippen molar-refractivity contribution in [2.24, 2.45) is 17.8 Å². The number of carbonyl (C=O) groups is 4. The van der Waals surface area contributed by atoms with Gasteiger partial charge in [0.25, 0.3) is 5.91 Å². The number of hydrogen-bond acceptors (Lipinski definition) is 5. The molecule has 1 amide bonds. The molecule has 7 nitrogen and oxygen atoms in total. The Hall–Kier alpha value is -3.81. The van der Waals surface area contributed by atoms with Crippen molar-refractivity contribution in [3.05, 3.63) is 70.7 Å². The first kappa shape index (κ1) is 29.7. The largest absolute Gasteiger partial charge is 0.449 e. The fourth-order valence-electron chi connectivity index (χ4n) is 6.44. The number of aryl methyl sites for hydroxylation is 1. The molecule has 1 aromatic heterocycles. The highest BCUT2D eigenvalue weighted by atomic mass is 19.1. The number of benzene rings is 2. The van der Waals surface area contributed by atoms with Crippen LogP contribution < -0.4 is 0 Å². The first-order valence-corrected chi connectivity index (χ1v) is 15.1. The number of hydrogen-bond donors (Lipinski definition) is 0. The van der Waals surface area contributed by atoms with E-state index in [-0.39, 0.29) is 29.8 Å². The lowest BCUT2D eigenvalue weighted by molar-refractivity contribution is -0.119. The van der Waals surface area contributed by atoms with Crippen molar-refractivity contribution < 1.29 is 28.3 Å². The van der Waals surface area contributed by atoms with E-state index in [2.05, 4.69) is 6.92 Å². The van der Waals surface area contributed by atoms with Gasteiger partial charge in [0.1, 0.15) is 5.82 Å². The molecule has 0 unspecified atom stereocenters. The molecule has 0 bridgehead atoms. The van der Waals surface area contributed by atoms with Crippen molar-refractivity contribution in [2.45, 2.75) is 65.7 Å². The van der Waals surface area contributed by atoms with Crippen molar-refractivity contribution >= 4 is 34.5 Å². The second kappa shape index (κ2) is 12.6. The van der Waals surface area contributed by atoms with Gasteiger partial charge in [0.15, 0.2) is 0 Å². The summed E-state index contributed by atoms with van der Waals surface area (Å²) in [5.74, 6) is -0.809. The lowest BCUT2D eigenvalue weighted by Gasteiger charge is -2.32. The minimum atomic E-state index is -0.637. The van der Waals surface area contributed by atoms with Gasteiger partial charge in [-0.15, -0.1) is 0 Å². The molecule has 1 aliphatic heterocycles. The number of carbonyl (C=O) groups excluding carboxylic acids is 4. The predicted octanol–water partition coefficient (Wildman–Crippen LogP) is 6.77. The molecule has 0 N–H and O–H groups in total. The number of Topliss-reactive ketones (excluding diaryl/α,β-unsaturated/α-hetero) is 2. The Balaban J connectivity index is 1.39. The minimum Gasteiger partial charge on any atom is -0.449 e. The number of ether oxygens (including phenoxy) is 1. The van der Waals surface area contributed by atoms with Crippen LogP contribution in [0, 0.1) is 30.5 Å². The Morgan fingerprint density at radius 1 is 0.929 bits per heavy atom. The molecule has 222 valence electrons. The van der Waals surface area contributed by atoms with E-state index < -0.39 is 17.7 Å². The van der Waals surface area contributed by atoms with Crippen molar-refractivity contribution in [2.75, 3.05) is 19.7 Å². The van der Waals surface area contributed by atoms with Crippen LogP contribution in [0.25, 0.3) is 10.9 Å². The quantitative estimate of drug-likeness (QED) is 0.230. The minimum absolute atomic E-state index is 0.133. The van der Waals surface area contributed by atoms with Crippen molar-refractivity contribution in [1.29, 1.82) is 0 Å². The van der Waals surface area contributed by atoms with E-state index in [0.717, 1.165) is 37.7 Å². The van der Waals surface area contributed by atoms with Crippen molar-refractivity contribution in [3.8, 4) is 0 Å². The molecule has 5 rings (SSSR count). The zero-order valence-electron chi connectivity index (χ0n) is 24.7. The van der Waals surface area contributed by atoms with E-state index in [0.29, 0.717) is 59.8 Å². The zero-order chi connectivity index (χ0) is 30.0. The van der Waals surface area contributed by atoms with E-state index in [1.807, 2.05) is 24.0 Å². The molecular weight excluding hydrogens is 535 g/mol. The summed E-state index contributed by atoms with van der Waals surface area (Å²) in [6.45, 7) is 7.02. The highest BCUT2D eigenvalue weighted by Crippen LogP contribution is 2.33. The van der Waals surface area contributed by atoms with Crippen LogP contribution >= 0.6 is 0 Å². The fraction of sp³-hybridized carbons (Fsp3) is 0.471. The monoisotopic (exact) mass is 574 g/mol. The lowest BCUT2D eigenvalue weighted by atomic mass is 9.79. The molecule has 1 saturated heterocycles. The number of nitrogens with zero attached hydrogens (tertiary/aromatic N) is 2. The maximum absolute atomic E-state index is 13.7. The van der Waals surface area contributed by atoms with Gasteiger partial charge in [-0.2, -0.15) is 0 Å². The van der Waals surface area contributed by atoms with E-state index in [4.69, 9.17) is 4.74 Å². The van der Waals surface area contributed by atoms with E-state index in [1.165, 1.54) is 22.9 Å². The number of aromatic nitrogens is 1. The molecule has 2 aliphatic rings. The summed E-state index contributed by atoms with van der Waals surface area (Å²) in [4.78, 5) is 55.2. The molecule has 1 aliphatic carbocycles. The Kier molecular flexibility index (Phi) is 8.90. The maximum Gasteiger partial charge on any atom is 0.418 e. The molecule has 3 aromatic rings. The van der Waals surface area contributed by atoms with E-state index in [1.54, 1.807) is 19.1 Å². The van der Waals surface area contributed by atoms with Crippen LogP contribution in [0.15, 0.2) is 42.6 Å². The summed E-state index contributed by atoms with van der Waals surface area (Å²) in [7, 11) is 0. The van der Waals surface area contributed by atoms with E-state index in [9.17, 15) is 23.6 Å². The molecule has 2 aromatic carbocycles. The zero-order valence-corrected chi connectivity index (χ0v) is 24.7. The van der Waals surface area contributed by atoms with Crippen molar-refractivity contribution in [3.63, 3.8) is 0 Å². The van der Waals surface area contributed by atoms with Gasteiger partial charge in [-0.25, -0.2) is 9.18 Å². The van der Waals surface area contributed by atoms with Gasteiger partial charge in [0.05, 0.1) is 17.7 Å². The van der Waals surface area contributed by atoms with Gasteiger partial charge in [-0.3, -0.25) is 19.0 Å². The van der Waals surface area contributed by atoms with Crippen LogP contribution in [-0.4, -0.2) is 52.7 Å². The molecule has 2 heterocycles. The summed E-state index contributed by atoms with van der Waals surface area (Å²) in [5, 5.41) is 0.408. The summed E-state index contributed by atoms with van der Waals surface area (Å²) >= 11 is 0. The third-order valence-corrected chi connectivity index (χ3v) is 9.04. The van der Waals surface area contributed by atoms with Gasteiger partial charge in [-0.1, -0.05) is 31.9 Å². The second-order valence-electron chi connectivity index (χ2n) is 12.0. The Labute approximate surface area is 246 Å². The SMILES string of the molecule is CCOC(=O)n1cc(C(=O)C(=O)C2CCC(C)CC2)c2cc(C(=O)N3CCC(Cc4ccc(F)cc4)CC3)c(C)cc21. The first-order chi connectivity index (χ1) is 20.2. The van der Waals surface area contributed by atoms with Crippen molar-refractivity contribution in [1.82, 2.24) is 9.47 Å². The van der Waals surface area contributed by atoms with Gasteiger partial charge in [0, 0.05) is 36.2 Å². The van der Waals surface area contributed by atoms with Crippen LogP contribution in [0.4, 0.5) is 9.18 Å². The Morgan fingerprint density at radius 3 is 2.24 bits per heavy atom.